The molecule has 1 aromatic carbocycles. The minimum atomic E-state index is -0.851. The highest BCUT2D eigenvalue weighted by Crippen LogP contribution is 2.16. The lowest BCUT2D eigenvalue weighted by atomic mass is 9.97. The lowest BCUT2D eigenvalue weighted by Crippen LogP contribution is -2.36. The van der Waals surface area contributed by atoms with Gasteiger partial charge in [0.05, 0.1) is 5.56 Å². The molecular weight excluding hydrogens is 252 g/mol. The predicted octanol–water partition coefficient (Wildman–Crippen LogP) is 1.99. The van der Waals surface area contributed by atoms with E-state index in [1.807, 2.05) is 12.1 Å². The number of nitrogens with two attached hydrogens (primary N) is 1. The molecule has 0 atom stereocenters. The Morgan fingerprint density at radius 3 is 2.75 bits per heavy atom. The summed E-state index contributed by atoms with van der Waals surface area (Å²) in [6.45, 7) is 4.21. The average Bonchev–Trinajstić information content (AvgIpc) is 2.48. The van der Waals surface area contributed by atoms with E-state index in [2.05, 4.69) is 4.90 Å². The minimum absolute atomic E-state index is 0.381. The first kappa shape index (κ1) is 15.0. The molecule has 0 aliphatic carbocycles. The van der Waals surface area contributed by atoms with Gasteiger partial charge in [-0.3, -0.25) is 0 Å². The van der Waals surface area contributed by atoms with E-state index in [1.165, 1.54) is 12.8 Å². The van der Waals surface area contributed by atoms with Crippen molar-refractivity contribution >= 4 is 5.97 Å². The molecule has 4 heteroatoms. The average molecular weight is 276 g/mol. The summed E-state index contributed by atoms with van der Waals surface area (Å²) in [6, 6.07) is 7.26. The molecule has 1 aliphatic rings. The van der Waals surface area contributed by atoms with Crippen LogP contribution in [-0.2, 0) is 6.42 Å². The summed E-state index contributed by atoms with van der Waals surface area (Å²) in [5.41, 5.74) is 7.19. The number of rotatable bonds is 6. The maximum absolute atomic E-state index is 10.9. The van der Waals surface area contributed by atoms with Crippen LogP contribution in [0.1, 0.15) is 35.2 Å². The van der Waals surface area contributed by atoms with E-state index >= 15 is 0 Å². The Hall–Kier alpha value is -1.39. The number of nitrogens with zero attached hydrogens (tertiary/aromatic N) is 1. The number of carboxylic acid groups (broad SMARTS) is 1. The van der Waals surface area contributed by atoms with Gasteiger partial charge in [-0.15, -0.1) is 0 Å². The van der Waals surface area contributed by atoms with Crippen molar-refractivity contribution in [3.8, 4) is 0 Å². The first-order valence-electron chi connectivity index (χ1n) is 7.43. The van der Waals surface area contributed by atoms with Crippen LogP contribution in [-0.4, -0.2) is 42.2 Å². The van der Waals surface area contributed by atoms with E-state index in [0.29, 0.717) is 11.5 Å². The molecule has 110 valence electrons. The summed E-state index contributed by atoms with van der Waals surface area (Å²) in [4.78, 5) is 13.4. The highest BCUT2D eigenvalue weighted by molar-refractivity contribution is 5.87. The van der Waals surface area contributed by atoms with Crippen molar-refractivity contribution in [3.05, 3.63) is 35.4 Å². The Morgan fingerprint density at radius 2 is 2.10 bits per heavy atom. The molecule has 1 saturated heterocycles. The van der Waals surface area contributed by atoms with Gasteiger partial charge in [0.2, 0.25) is 0 Å². The van der Waals surface area contributed by atoms with Crippen molar-refractivity contribution in [3.63, 3.8) is 0 Å². The topological polar surface area (TPSA) is 66.6 Å². The number of hydrogen-bond acceptors (Lipinski definition) is 3. The van der Waals surface area contributed by atoms with Crippen molar-refractivity contribution in [2.75, 3.05) is 26.2 Å². The summed E-state index contributed by atoms with van der Waals surface area (Å²) in [6.07, 6.45) is 4.45. The molecule has 0 spiro atoms. The third kappa shape index (κ3) is 4.32. The van der Waals surface area contributed by atoms with Crippen LogP contribution in [0.2, 0.25) is 0 Å². The van der Waals surface area contributed by atoms with Gasteiger partial charge in [-0.1, -0.05) is 12.1 Å². The van der Waals surface area contributed by atoms with Gasteiger partial charge in [0.25, 0.3) is 0 Å². The highest BCUT2D eigenvalue weighted by atomic mass is 16.4. The number of carbonyl (C=O) groups is 1. The minimum Gasteiger partial charge on any atom is -0.478 e. The van der Waals surface area contributed by atoms with Gasteiger partial charge in [0, 0.05) is 0 Å². The van der Waals surface area contributed by atoms with Crippen molar-refractivity contribution in [1.82, 2.24) is 4.90 Å². The number of piperidine rings is 1. The van der Waals surface area contributed by atoms with Gasteiger partial charge in [-0.05, 0) is 75.5 Å². The maximum Gasteiger partial charge on any atom is 0.335 e. The SMILES string of the molecule is NCC1CCN(CCCc2cccc(C(=O)O)c2)CC1. The molecule has 1 heterocycles. The fourth-order valence-electron chi connectivity index (χ4n) is 2.81. The van der Waals surface area contributed by atoms with Crippen LogP contribution < -0.4 is 5.73 Å². The second-order valence-corrected chi connectivity index (χ2v) is 5.63. The third-order valence-corrected chi connectivity index (χ3v) is 4.15. The zero-order chi connectivity index (χ0) is 14.4. The zero-order valence-electron chi connectivity index (χ0n) is 11.9. The van der Waals surface area contributed by atoms with Gasteiger partial charge in [-0.25, -0.2) is 4.79 Å². The van der Waals surface area contributed by atoms with Crippen LogP contribution in [0.5, 0.6) is 0 Å². The molecule has 1 fully saturated rings. The van der Waals surface area contributed by atoms with E-state index < -0.39 is 5.97 Å². The normalized spacial score (nSPS) is 17.2. The van der Waals surface area contributed by atoms with Crippen LogP contribution >= 0.6 is 0 Å². The first-order chi connectivity index (χ1) is 9.69. The number of aryl methyl sites for hydroxylation is 1. The van der Waals surface area contributed by atoms with Crippen molar-refractivity contribution in [1.29, 1.82) is 0 Å². The molecule has 0 radical (unpaired) electrons. The maximum atomic E-state index is 10.9. The molecule has 1 aliphatic heterocycles. The summed E-state index contributed by atoms with van der Waals surface area (Å²) in [5, 5.41) is 8.97. The highest BCUT2D eigenvalue weighted by Gasteiger charge is 2.17. The lowest BCUT2D eigenvalue weighted by Gasteiger charge is -2.31. The summed E-state index contributed by atoms with van der Waals surface area (Å²) in [7, 11) is 0. The zero-order valence-corrected chi connectivity index (χ0v) is 11.9. The Morgan fingerprint density at radius 1 is 1.35 bits per heavy atom. The molecule has 0 unspecified atom stereocenters. The fourth-order valence-corrected chi connectivity index (χ4v) is 2.81. The largest absolute Gasteiger partial charge is 0.478 e. The van der Waals surface area contributed by atoms with Crippen LogP contribution in [0.4, 0.5) is 0 Å². The van der Waals surface area contributed by atoms with E-state index in [1.54, 1.807) is 12.1 Å². The third-order valence-electron chi connectivity index (χ3n) is 4.15. The first-order valence-corrected chi connectivity index (χ1v) is 7.43. The number of benzene rings is 1. The molecule has 20 heavy (non-hydrogen) atoms. The number of hydrogen-bond donors (Lipinski definition) is 2. The van der Waals surface area contributed by atoms with Gasteiger partial charge < -0.3 is 15.7 Å². The monoisotopic (exact) mass is 276 g/mol. The molecular formula is C16H24N2O2. The van der Waals surface area contributed by atoms with E-state index in [-0.39, 0.29) is 0 Å². The Labute approximate surface area is 120 Å². The second-order valence-electron chi connectivity index (χ2n) is 5.63. The van der Waals surface area contributed by atoms with Crippen molar-refractivity contribution in [2.45, 2.75) is 25.7 Å². The van der Waals surface area contributed by atoms with E-state index in [0.717, 1.165) is 44.6 Å². The predicted molar refractivity (Wildman–Crippen MR) is 79.9 cm³/mol. The standard InChI is InChI=1S/C16H24N2O2/c17-12-14-6-9-18(10-7-14)8-2-4-13-3-1-5-15(11-13)16(19)20/h1,3,5,11,14H,2,4,6-10,12,17H2,(H,19,20). The Bertz CT molecular complexity index is 440. The van der Waals surface area contributed by atoms with Gasteiger partial charge in [0.15, 0.2) is 0 Å². The smallest absolute Gasteiger partial charge is 0.335 e. The molecule has 0 saturated carbocycles. The summed E-state index contributed by atoms with van der Waals surface area (Å²) in [5.74, 6) is -0.144. The van der Waals surface area contributed by atoms with Gasteiger partial charge >= 0.3 is 5.97 Å². The van der Waals surface area contributed by atoms with E-state index in [9.17, 15) is 4.79 Å². The van der Waals surface area contributed by atoms with E-state index in [4.69, 9.17) is 10.8 Å². The molecule has 3 N–H and O–H groups in total. The molecule has 2 rings (SSSR count). The number of likely N-dealkylation sites (tertiary alicyclic amines) is 1. The summed E-state index contributed by atoms with van der Waals surface area (Å²) < 4.78 is 0. The summed E-state index contributed by atoms with van der Waals surface area (Å²) >= 11 is 0. The molecule has 1 aromatic rings. The Balaban J connectivity index is 1.73. The molecule has 4 nitrogen and oxygen atoms in total. The number of aromatic carboxylic acids is 1. The van der Waals surface area contributed by atoms with Gasteiger partial charge in [-0.2, -0.15) is 0 Å². The van der Waals surface area contributed by atoms with Crippen molar-refractivity contribution < 1.29 is 9.90 Å². The van der Waals surface area contributed by atoms with Crippen LogP contribution in [0.25, 0.3) is 0 Å². The van der Waals surface area contributed by atoms with Crippen LogP contribution in [0, 0.1) is 5.92 Å². The van der Waals surface area contributed by atoms with Gasteiger partial charge in [0.1, 0.15) is 0 Å². The molecule has 0 bridgehead atoms. The quantitative estimate of drug-likeness (QED) is 0.834. The molecule has 0 amide bonds. The number of carboxylic acids is 1. The second kappa shape index (κ2) is 7.41. The lowest BCUT2D eigenvalue weighted by molar-refractivity contribution is 0.0696. The Kier molecular flexibility index (Phi) is 5.56. The fraction of sp³-hybridized carbons (Fsp3) is 0.562. The molecule has 0 aromatic heterocycles. The van der Waals surface area contributed by atoms with Crippen LogP contribution in [0.15, 0.2) is 24.3 Å². The van der Waals surface area contributed by atoms with Crippen molar-refractivity contribution in [2.24, 2.45) is 11.7 Å². The van der Waals surface area contributed by atoms with Crippen LogP contribution in [0.3, 0.4) is 0 Å².